The minimum atomic E-state index is -0.845. The number of carboxylic acid groups (broad SMARTS) is 1. The smallest absolute Gasteiger partial charge is 0.307 e. The summed E-state index contributed by atoms with van der Waals surface area (Å²) in [5, 5.41) is 12.7. The Bertz CT molecular complexity index is 612. The molecule has 1 heterocycles. The van der Waals surface area contributed by atoms with E-state index in [0.29, 0.717) is 30.4 Å². The Kier molecular flexibility index (Phi) is 4.64. The van der Waals surface area contributed by atoms with E-state index < -0.39 is 11.9 Å². The monoisotopic (exact) mass is 293 g/mol. The second kappa shape index (κ2) is 6.45. The number of aromatic nitrogens is 2. The molecule has 0 aliphatic carbocycles. The maximum absolute atomic E-state index is 12.8. The van der Waals surface area contributed by atoms with E-state index in [9.17, 15) is 9.18 Å². The number of carbonyl (C=O) groups is 1. The lowest BCUT2D eigenvalue weighted by Gasteiger charge is -2.16. The van der Waals surface area contributed by atoms with E-state index in [1.54, 1.807) is 31.0 Å². The Labute approximate surface area is 121 Å². The topological polar surface area (TPSA) is 79.5 Å². The summed E-state index contributed by atoms with van der Waals surface area (Å²) >= 11 is 0. The molecule has 0 amide bonds. The normalized spacial score (nSPS) is 12.6. The van der Waals surface area contributed by atoms with E-state index in [4.69, 9.17) is 9.63 Å². The summed E-state index contributed by atoms with van der Waals surface area (Å²) in [6.07, 6.45) is 0. The Balaban J connectivity index is 2.00. The van der Waals surface area contributed by atoms with Crippen molar-refractivity contribution in [2.75, 3.05) is 13.6 Å². The van der Waals surface area contributed by atoms with Crippen molar-refractivity contribution in [2.24, 2.45) is 5.92 Å². The van der Waals surface area contributed by atoms with Crippen LogP contribution >= 0.6 is 0 Å². The average Bonchev–Trinajstić information content (AvgIpc) is 2.87. The molecule has 1 N–H and O–H groups in total. The highest BCUT2D eigenvalue weighted by Crippen LogP contribution is 2.17. The van der Waals surface area contributed by atoms with Crippen LogP contribution in [0.25, 0.3) is 11.5 Å². The molecule has 112 valence electrons. The van der Waals surface area contributed by atoms with E-state index in [0.717, 1.165) is 0 Å². The SMILES string of the molecule is CC(CN(C)Cc1noc(-c2ccc(F)cc2)n1)C(=O)O. The van der Waals surface area contributed by atoms with Gasteiger partial charge in [-0.05, 0) is 31.3 Å². The van der Waals surface area contributed by atoms with Gasteiger partial charge in [-0.2, -0.15) is 4.98 Å². The maximum atomic E-state index is 12.8. The van der Waals surface area contributed by atoms with Gasteiger partial charge >= 0.3 is 5.97 Å². The van der Waals surface area contributed by atoms with Gasteiger partial charge in [0.15, 0.2) is 5.82 Å². The van der Waals surface area contributed by atoms with E-state index in [-0.39, 0.29) is 5.82 Å². The van der Waals surface area contributed by atoms with Crippen molar-refractivity contribution in [1.29, 1.82) is 0 Å². The van der Waals surface area contributed by atoms with E-state index in [1.165, 1.54) is 12.1 Å². The Hall–Kier alpha value is -2.28. The number of nitrogens with zero attached hydrogens (tertiary/aromatic N) is 3. The molecular formula is C14H16FN3O3. The van der Waals surface area contributed by atoms with Crippen LogP contribution in [0.3, 0.4) is 0 Å². The second-order valence-electron chi connectivity index (χ2n) is 4.96. The molecule has 7 heteroatoms. The molecule has 0 spiro atoms. The number of aliphatic carboxylic acids is 1. The van der Waals surface area contributed by atoms with E-state index in [2.05, 4.69) is 10.1 Å². The molecule has 0 saturated heterocycles. The van der Waals surface area contributed by atoms with Crippen LogP contribution in [-0.4, -0.2) is 39.7 Å². The van der Waals surface area contributed by atoms with Gasteiger partial charge in [0, 0.05) is 12.1 Å². The summed E-state index contributed by atoms with van der Waals surface area (Å²) < 4.78 is 18.0. The van der Waals surface area contributed by atoms with Gasteiger partial charge in [-0.15, -0.1) is 0 Å². The number of halogens is 1. The maximum Gasteiger partial charge on any atom is 0.307 e. The highest BCUT2D eigenvalue weighted by atomic mass is 19.1. The fourth-order valence-corrected chi connectivity index (χ4v) is 1.88. The minimum absolute atomic E-state index is 0.310. The molecule has 1 atom stereocenters. The van der Waals surface area contributed by atoms with Gasteiger partial charge in [0.05, 0.1) is 12.5 Å². The third kappa shape index (κ3) is 4.09. The quantitative estimate of drug-likeness (QED) is 0.878. The zero-order chi connectivity index (χ0) is 15.4. The van der Waals surface area contributed by atoms with Crippen molar-refractivity contribution in [3.8, 4) is 11.5 Å². The van der Waals surface area contributed by atoms with Crippen LogP contribution in [0.2, 0.25) is 0 Å². The Morgan fingerprint density at radius 3 is 2.71 bits per heavy atom. The summed E-state index contributed by atoms with van der Waals surface area (Å²) in [4.78, 5) is 16.8. The molecule has 6 nitrogen and oxygen atoms in total. The molecule has 1 aromatic carbocycles. The lowest BCUT2D eigenvalue weighted by atomic mass is 10.2. The minimum Gasteiger partial charge on any atom is -0.481 e. The van der Waals surface area contributed by atoms with Gasteiger partial charge in [-0.1, -0.05) is 12.1 Å². The van der Waals surface area contributed by atoms with Crippen LogP contribution in [0.15, 0.2) is 28.8 Å². The summed E-state index contributed by atoms with van der Waals surface area (Å²) in [6.45, 7) is 2.40. The molecule has 21 heavy (non-hydrogen) atoms. The van der Waals surface area contributed by atoms with E-state index >= 15 is 0 Å². The Morgan fingerprint density at radius 2 is 2.10 bits per heavy atom. The summed E-state index contributed by atoms with van der Waals surface area (Å²) in [5.41, 5.74) is 0.636. The fourth-order valence-electron chi connectivity index (χ4n) is 1.88. The van der Waals surface area contributed by atoms with Crippen molar-refractivity contribution < 1.29 is 18.8 Å². The van der Waals surface area contributed by atoms with Crippen molar-refractivity contribution >= 4 is 5.97 Å². The van der Waals surface area contributed by atoms with E-state index in [1.807, 2.05) is 0 Å². The molecule has 0 saturated carbocycles. The highest BCUT2D eigenvalue weighted by molar-refractivity contribution is 5.69. The molecule has 0 aliphatic rings. The molecule has 1 unspecified atom stereocenters. The van der Waals surface area contributed by atoms with Crippen LogP contribution in [0.5, 0.6) is 0 Å². The largest absolute Gasteiger partial charge is 0.481 e. The van der Waals surface area contributed by atoms with Gasteiger partial charge in [0.25, 0.3) is 5.89 Å². The van der Waals surface area contributed by atoms with Gasteiger partial charge in [-0.3, -0.25) is 9.69 Å². The molecule has 2 rings (SSSR count). The summed E-state index contributed by atoms with van der Waals surface area (Å²) in [6, 6.07) is 5.76. The number of hydrogen-bond donors (Lipinski definition) is 1. The second-order valence-corrected chi connectivity index (χ2v) is 4.96. The van der Waals surface area contributed by atoms with Gasteiger partial charge in [-0.25, -0.2) is 4.39 Å². The third-order valence-corrected chi connectivity index (χ3v) is 2.98. The number of carboxylic acids is 1. The first-order valence-corrected chi connectivity index (χ1v) is 6.45. The lowest BCUT2D eigenvalue weighted by Crippen LogP contribution is -2.28. The number of rotatable bonds is 6. The zero-order valence-corrected chi connectivity index (χ0v) is 11.8. The standard InChI is InChI=1S/C14H16FN3O3/c1-9(14(19)20)7-18(2)8-12-16-13(21-17-12)10-3-5-11(15)6-4-10/h3-6,9H,7-8H2,1-2H3,(H,19,20). The predicted octanol–water partition coefficient (Wildman–Crippen LogP) is 2.03. The Morgan fingerprint density at radius 1 is 1.43 bits per heavy atom. The molecule has 0 bridgehead atoms. The molecular weight excluding hydrogens is 277 g/mol. The predicted molar refractivity (Wildman–Crippen MR) is 72.8 cm³/mol. The van der Waals surface area contributed by atoms with Crippen LogP contribution in [0, 0.1) is 11.7 Å². The first-order valence-electron chi connectivity index (χ1n) is 6.45. The van der Waals surface area contributed by atoms with Gasteiger partial charge in [0.1, 0.15) is 5.82 Å². The first kappa shape index (κ1) is 15.1. The average molecular weight is 293 g/mol. The van der Waals surface area contributed by atoms with Crippen LogP contribution in [0.4, 0.5) is 4.39 Å². The lowest BCUT2D eigenvalue weighted by molar-refractivity contribution is -0.141. The molecule has 0 radical (unpaired) electrons. The van der Waals surface area contributed by atoms with Crippen molar-refractivity contribution in [1.82, 2.24) is 15.0 Å². The molecule has 0 aliphatic heterocycles. The van der Waals surface area contributed by atoms with Crippen LogP contribution < -0.4 is 0 Å². The summed E-state index contributed by atoms with van der Waals surface area (Å²) in [7, 11) is 1.79. The van der Waals surface area contributed by atoms with Crippen molar-refractivity contribution in [3.05, 3.63) is 35.9 Å². The van der Waals surface area contributed by atoms with Gasteiger partial charge < -0.3 is 9.63 Å². The van der Waals surface area contributed by atoms with Crippen LogP contribution in [0.1, 0.15) is 12.7 Å². The summed E-state index contributed by atoms with van der Waals surface area (Å²) in [5.74, 6) is -0.889. The van der Waals surface area contributed by atoms with Crippen LogP contribution in [-0.2, 0) is 11.3 Å². The zero-order valence-electron chi connectivity index (χ0n) is 11.8. The molecule has 0 fully saturated rings. The first-order chi connectivity index (χ1) is 9.95. The number of benzene rings is 1. The molecule has 1 aromatic heterocycles. The number of hydrogen-bond acceptors (Lipinski definition) is 5. The van der Waals surface area contributed by atoms with Crippen molar-refractivity contribution in [3.63, 3.8) is 0 Å². The molecule has 2 aromatic rings. The third-order valence-electron chi connectivity index (χ3n) is 2.98. The highest BCUT2D eigenvalue weighted by Gasteiger charge is 2.16. The van der Waals surface area contributed by atoms with Crippen molar-refractivity contribution in [2.45, 2.75) is 13.5 Å². The van der Waals surface area contributed by atoms with Gasteiger partial charge in [0.2, 0.25) is 0 Å². The fraction of sp³-hybridized carbons (Fsp3) is 0.357.